The molecule has 0 N–H and O–H groups in total. The number of aryl methyl sites for hydroxylation is 1. The maximum absolute atomic E-state index is 12.5. The van der Waals surface area contributed by atoms with E-state index in [1.54, 1.807) is 7.11 Å². The normalized spacial score (nSPS) is 18.6. The van der Waals surface area contributed by atoms with Crippen LogP contribution in [0.2, 0.25) is 0 Å². The van der Waals surface area contributed by atoms with Gasteiger partial charge in [0.05, 0.1) is 0 Å². The van der Waals surface area contributed by atoms with Crippen molar-refractivity contribution in [3.05, 3.63) is 35.4 Å². The number of carbonyl (C=O) groups excluding carboxylic acids is 1. The fraction of sp³-hybridized carbons (Fsp3) is 0.562. The van der Waals surface area contributed by atoms with E-state index in [1.165, 1.54) is 12.0 Å². The van der Waals surface area contributed by atoms with E-state index in [-0.39, 0.29) is 5.78 Å². The van der Waals surface area contributed by atoms with Crippen LogP contribution in [0, 0.1) is 6.92 Å². The highest BCUT2D eigenvalue weighted by Gasteiger charge is 2.38. The Labute approximate surface area is 109 Å². The van der Waals surface area contributed by atoms with Crippen LogP contribution < -0.4 is 0 Å². The molecular weight excluding hydrogens is 224 g/mol. The van der Waals surface area contributed by atoms with Crippen molar-refractivity contribution in [1.29, 1.82) is 0 Å². The van der Waals surface area contributed by atoms with Crippen LogP contribution in [0.1, 0.15) is 43.2 Å². The smallest absolute Gasteiger partial charge is 0.168 e. The van der Waals surface area contributed by atoms with Crippen LogP contribution in [-0.2, 0) is 16.0 Å². The van der Waals surface area contributed by atoms with Gasteiger partial charge in [-0.3, -0.25) is 4.79 Å². The van der Waals surface area contributed by atoms with E-state index in [1.807, 2.05) is 18.2 Å². The second-order valence-corrected chi connectivity index (χ2v) is 5.29. The third kappa shape index (κ3) is 2.64. The van der Waals surface area contributed by atoms with Crippen LogP contribution in [0.15, 0.2) is 24.3 Å². The number of ether oxygens (including phenoxy) is 1. The lowest BCUT2D eigenvalue weighted by Gasteiger charge is -2.34. The van der Waals surface area contributed by atoms with Gasteiger partial charge in [-0.15, -0.1) is 0 Å². The lowest BCUT2D eigenvalue weighted by molar-refractivity contribution is -0.144. The van der Waals surface area contributed by atoms with E-state index in [9.17, 15) is 4.79 Å². The van der Waals surface area contributed by atoms with Gasteiger partial charge in [-0.2, -0.15) is 0 Å². The highest BCUT2D eigenvalue weighted by molar-refractivity contribution is 5.89. The molecule has 1 aromatic rings. The van der Waals surface area contributed by atoms with Gasteiger partial charge in [0.15, 0.2) is 5.78 Å². The van der Waals surface area contributed by atoms with Gasteiger partial charge in [0, 0.05) is 13.5 Å². The molecule has 0 heterocycles. The number of hydrogen-bond acceptors (Lipinski definition) is 2. The molecule has 0 radical (unpaired) electrons. The first-order valence-electron chi connectivity index (χ1n) is 6.81. The molecule has 0 bridgehead atoms. The van der Waals surface area contributed by atoms with Crippen molar-refractivity contribution in [3.8, 4) is 0 Å². The zero-order valence-corrected chi connectivity index (χ0v) is 11.4. The minimum atomic E-state index is -0.513. The summed E-state index contributed by atoms with van der Waals surface area (Å²) in [6, 6.07) is 8.11. The number of methoxy groups -OCH3 is 1. The Hall–Kier alpha value is -1.15. The quantitative estimate of drug-likeness (QED) is 0.813. The second-order valence-electron chi connectivity index (χ2n) is 5.29. The number of ketones is 1. The average molecular weight is 246 g/mol. The summed E-state index contributed by atoms with van der Waals surface area (Å²) in [6.45, 7) is 2.06. The summed E-state index contributed by atoms with van der Waals surface area (Å²) in [7, 11) is 1.68. The number of rotatable bonds is 4. The Kier molecular flexibility index (Phi) is 4.18. The third-order valence-electron chi connectivity index (χ3n) is 4.17. The van der Waals surface area contributed by atoms with Crippen LogP contribution >= 0.6 is 0 Å². The van der Waals surface area contributed by atoms with E-state index < -0.39 is 5.60 Å². The molecule has 0 aromatic heterocycles. The number of hydrogen-bond donors (Lipinski definition) is 0. The predicted molar refractivity (Wildman–Crippen MR) is 72.7 cm³/mol. The number of carbonyl (C=O) groups is 1. The Morgan fingerprint density at radius 3 is 2.50 bits per heavy atom. The van der Waals surface area contributed by atoms with Gasteiger partial charge in [0.1, 0.15) is 5.60 Å². The van der Waals surface area contributed by atoms with E-state index in [0.717, 1.165) is 31.2 Å². The molecule has 0 aliphatic heterocycles. The molecule has 0 amide bonds. The fourth-order valence-corrected chi connectivity index (χ4v) is 2.86. The van der Waals surface area contributed by atoms with Crippen LogP contribution in [0.3, 0.4) is 0 Å². The molecule has 98 valence electrons. The molecule has 1 aromatic carbocycles. The SMILES string of the molecule is COC1(C(=O)Cc2ccccc2C)CCCCC1. The van der Waals surface area contributed by atoms with Gasteiger partial charge in [0.25, 0.3) is 0 Å². The molecule has 0 spiro atoms. The first-order valence-corrected chi connectivity index (χ1v) is 6.81. The maximum Gasteiger partial charge on any atom is 0.168 e. The van der Waals surface area contributed by atoms with Gasteiger partial charge < -0.3 is 4.74 Å². The molecule has 2 heteroatoms. The van der Waals surface area contributed by atoms with Gasteiger partial charge in [0.2, 0.25) is 0 Å². The monoisotopic (exact) mass is 246 g/mol. The predicted octanol–water partition coefficient (Wildman–Crippen LogP) is 3.46. The Bertz CT molecular complexity index is 417. The Morgan fingerprint density at radius 2 is 1.89 bits per heavy atom. The number of Topliss-reactive ketones (excluding diaryl/α,β-unsaturated/α-hetero) is 1. The van der Waals surface area contributed by atoms with Gasteiger partial charge in [-0.25, -0.2) is 0 Å². The molecule has 1 fully saturated rings. The Balaban J connectivity index is 2.13. The molecule has 1 aliphatic rings. The topological polar surface area (TPSA) is 26.3 Å². The van der Waals surface area contributed by atoms with E-state index in [4.69, 9.17) is 4.74 Å². The van der Waals surface area contributed by atoms with Gasteiger partial charge in [-0.1, -0.05) is 43.5 Å². The zero-order valence-electron chi connectivity index (χ0n) is 11.4. The summed E-state index contributed by atoms with van der Waals surface area (Å²) in [5, 5.41) is 0. The Morgan fingerprint density at radius 1 is 1.22 bits per heavy atom. The summed E-state index contributed by atoms with van der Waals surface area (Å²) in [6.07, 6.45) is 5.70. The molecule has 0 unspecified atom stereocenters. The molecule has 2 rings (SSSR count). The third-order valence-corrected chi connectivity index (χ3v) is 4.17. The summed E-state index contributed by atoms with van der Waals surface area (Å²) in [5.74, 6) is 0.249. The summed E-state index contributed by atoms with van der Waals surface area (Å²) in [5.41, 5.74) is 1.80. The summed E-state index contributed by atoms with van der Waals surface area (Å²) >= 11 is 0. The van der Waals surface area contributed by atoms with Crippen molar-refractivity contribution in [2.75, 3.05) is 7.11 Å². The van der Waals surface area contributed by atoms with Crippen molar-refractivity contribution in [2.24, 2.45) is 0 Å². The summed E-state index contributed by atoms with van der Waals surface area (Å²) in [4.78, 5) is 12.5. The lowest BCUT2D eigenvalue weighted by atomic mass is 9.79. The van der Waals surface area contributed by atoms with Crippen molar-refractivity contribution in [2.45, 2.75) is 51.0 Å². The van der Waals surface area contributed by atoms with Crippen LogP contribution in [-0.4, -0.2) is 18.5 Å². The minimum absolute atomic E-state index is 0.249. The van der Waals surface area contributed by atoms with Crippen molar-refractivity contribution >= 4 is 5.78 Å². The minimum Gasteiger partial charge on any atom is -0.370 e. The summed E-state index contributed by atoms with van der Waals surface area (Å²) < 4.78 is 5.60. The van der Waals surface area contributed by atoms with Crippen LogP contribution in [0.25, 0.3) is 0 Å². The van der Waals surface area contributed by atoms with E-state index in [0.29, 0.717) is 6.42 Å². The molecular formula is C16H22O2. The number of benzene rings is 1. The maximum atomic E-state index is 12.5. The van der Waals surface area contributed by atoms with E-state index in [2.05, 4.69) is 13.0 Å². The van der Waals surface area contributed by atoms with E-state index >= 15 is 0 Å². The van der Waals surface area contributed by atoms with Crippen molar-refractivity contribution in [1.82, 2.24) is 0 Å². The molecule has 0 atom stereocenters. The largest absolute Gasteiger partial charge is 0.370 e. The zero-order chi connectivity index (χ0) is 13.0. The lowest BCUT2D eigenvalue weighted by Crippen LogP contribution is -2.43. The van der Waals surface area contributed by atoms with Crippen molar-refractivity contribution in [3.63, 3.8) is 0 Å². The highest BCUT2D eigenvalue weighted by atomic mass is 16.5. The highest BCUT2D eigenvalue weighted by Crippen LogP contribution is 2.33. The average Bonchev–Trinajstić information content (AvgIpc) is 2.42. The standard InChI is InChI=1S/C16H22O2/c1-13-8-4-5-9-14(13)12-15(17)16(18-2)10-6-3-7-11-16/h4-5,8-9H,3,6-7,10-12H2,1-2H3. The second kappa shape index (κ2) is 5.66. The molecule has 1 saturated carbocycles. The fourth-order valence-electron chi connectivity index (χ4n) is 2.86. The van der Waals surface area contributed by atoms with Gasteiger partial charge >= 0.3 is 0 Å². The van der Waals surface area contributed by atoms with Gasteiger partial charge in [-0.05, 0) is 30.9 Å². The molecule has 0 saturated heterocycles. The first-order chi connectivity index (χ1) is 8.68. The van der Waals surface area contributed by atoms with Crippen LogP contribution in [0.5, 0.6) is 0 Å². The van der Waals surface area contributed by atoms with Crippen molar-refractivity contribution < 1.29 is 9.53 Å². The molecule has 2 nitrogen and oxygen atoms in total. The molecule has 1 aliphatic carbocycles. The first kappa shape index (κ1) is 13.3. The van der Waals surface area contributed by atoms with Crippen LogP contribution in [0.4, 0.5) is 0 Å². The molecule has 18 heavy (non-hydrogen) atoms.